The molecular formula is C9H20NSi2. The van der Waals surface area contributed by atoms with Crippen molar-refractivity contribution in [1.29, 1.82) is 0 Å². The summed E-state index contributed by atoms with van der Waals surface area (Å²) in [5, 5.41) is 0. The molecule has 0 amide bonds. The van der Waals surface area contributed by atoms with Crippen molar-refractivity contribution in [1.82, 2.24) is 4.57 Å². The molecule has 0 saturated heterocycles. The molecule has 69 valence electrons. The molecule has 0 atom stereocenters. The molecule has 0 rings (SSSR count). The van der Waals surface area contributed by atoms with Crippen LogP contribution in [0.3, 0.4) is 0 Å². The van der Waals surface area contributed by atoms with Crippen molar-refractivity contribution in [3.63, 3.8) is 0 Å². The Bertz CT molecular complexity index is 119. The van der Waals surface area contributed by atoms with E-state index in [0.29, 0.717) is 12.1 Å². The third-order valence-corrected chi connectivity index (χ3v) is 3.71. The van der Waals surface area contributed by atoms with Crippen molar-refractivity contribution in [3.8, 4) is 0 Å². The van der Waals surface area contributed by atoms with Crippen LogP contribution < -0.4 is 0 Å². The summed E-state index contributed by atoms with van der Waals surface area (Å²) in [6.07, 6.45) is 0. The largest absolute Gasteiger partial charge is 0.321 e. The molecule has 0 aromatic rings. The highest BCUT2D eigenvalue weighted by atomic mass is 28.3. The Morgan fingerprint density at radius 1 is 1.08 bits per heavy atom. The average Bonchev–Trinajstić information content (AvgIpc) is 1.79. The van der Waals surface area contributed by atoms with Crippen LogP contribution in [0.2, 0.25) is 4.66 Å². The lowest BCUT2D eigenvalue weighted by molar-refractivity contribution is 0.307. The summed E-state index contributed by atoms with van der Waals surface area (Å²) in [4.78, 5) is 0. The first-order valence-corrected chi connectivity index (χ1v) is 6.00. The van der Waals surface area contributed by atoms with Crippen molar-refractivity contribution in [2.75, 3.05) is 0 Å². The van der Waals surface area contributed by atoms with Gasteiger partial charge in [0.15, 0.2) is 0 Å². The van der Waals surface area contributed by atoms with Crippen molar-refractivity contribution < 1.29 is 0 Å². The second kappa shape index (κ2) is 4.58. The lowest BCUT2D eigenvalue weighted by Gasteiger charge is -2.34. The number of rotatable bonds is 4. The van der Waals surface area contributed by atoms with Crippen molar-refractivity contribution in [3.05, 3.63) is 0 Å². The first-order valence-electron chi connectivity index (χ1n) is 4.55. The van der Waals surface area contributed by atoms with Gasteiger partial charge in [0.2, 0.25) is 0 Å². The van der Waals surface area contributed by atoms with Gasteiger partial charge in [-0.2, -0.15) is 0 Å². The Balaban J connectivity index is 4.15. The Kier molecular flexibility index (Phi) is 4.73. The molecule has 0 aromatic carbocycles. The first-order chi connectivity index (χ1) is 5.24. The number of nitrogens with zero attached hydrogens (tertiary/aromatic N) is 1. The zero-order chi connectivity index (χ0) is 9.94. The second-order valence-electron chi connectivity index (χ2n) is 4.33. The molecule has 12 heavy (non-hydrogen) atoms. The maximum Gasteiger partial charge on any atom is 0.144 e. The summed E-state index contributed by atoms with van der Waals surface area (Å²) in [7, 11) is 4.58. The van der Waals surface area contributed by atoms with E-state index in [9.17, 15) is 0 Å². The van der Waals surface area contributed by atoms with E-state index in [1.54, 1.807) is 0 Å². The van der Waals surface area contributed by atoms with E-state index < -0.39 is 0 Å². The molecule has 0 aliphatic rings. The van der Waals surface area contributed by atoms with E-state index in [2.05, 4.69) is 56.4 Å². The van der Waals surface area contributed by atoms with Crippen LogP contribution in [0, 0.1) is 0 Å². The topological polar surface area (TPSA) is 3.24 Å². The molecule has 3 heteroatoms. The third-order valence-electron chi connectivity index (χ3n) is 1.52. The van der Waals surface area contributed by atoms with Gasteiger partial charge >= 0.3 is 0 Å². The maximum absolute atomic E-state index is 3.74. The zero-order valence-corrected chi connectivity index (χ0v) is 11.1. The van der Waals surface area contributed by atoms with Crippen LogP contribution in [0.25, 0.3) is 0 Å². The van der Waals surface area contributed by atoms with E-state index in [4.69, 9.17) is 0 Å². The Morgan fingerprint density at radius 2 is 1.42 bits per heavy atom. The Hall–Kier alpha value is 0.394. The summed E-state index contributed by atoms with van der Waals surface area (Å²) < 4.78 is 2.77. The van der Waals surface area contributed by atoms with Gasteiger partial charge in [-0.05, 0) is 16.7 Å². The summed E-state index contributed by atoms with van der Waals surface area (Å²) in [6, 6.07) is 1.28. The van der Waals surface area contributed by atoms with Crippen LogP contribution in [-0.2, 0) is 0 Å². The van der Waals surface area contributed by atoms with Gasteiger partial charge < -0.3 is 4.57 Å². The van der Waals surface area contributed by atoms with E-state index in [0.717, 1.165) is 9.68 Å². The highest BCUT2D eigenvalue weighted by molar-refractivity contribution is 6.51. The SMILES string of the molecule is CC(C)N([Si]C(C)(C)[Si])C(C)C. The van der Waals surface area contributed by atoms with Crippen LogP contribution in [0.1, 0.15) is 41.5 Å². The smallest absolute Gasteiger partial charge is 0.144 e. The van der Waals surface area contributed by atoms with Crippen LogP contribution in [0.4, 0.5) is 0 Å². The Morgan fingerprint density at radius 3 is 1.50 bits per heavy atom. The fourth-order valence-electron chi connectivity index (χ4n) is 1.18. The normalized spacial score (nSPS) is 13.5. The molecule has 0 heterocycles. The molecule has 0 saturated carbocycles. The summed E-state index contributed by atoms with van der Waals surface area (Å²) >= 11 is 0. The molecule has 0 unspecified atom stereocenters. The summed E-state index contributed by atoms with van der Waals surface area (Å²) in [5.74, 6) is 0. The van der Waals surface area contributed by atoms with Gasteiger partial charge in [-0.15, -0.1) is 0 Å². The molecular weight excluding hydrogens is 178 g/mol. The third kappa shape index (κ3) is 5.11. The van der Waals surface area contributed by atoms with E-state index in [-0.39, 0.29) is 4.66 Å². The van der Waals surface area contributed by atoms with Crippen molar-refractivity contribution in [2.24, 2.45) is 0 Å². The highest BCUT2D eigenvalue weighted by Crippen LogP contribution is 2.19. The van der Waals surface area contributed by atoms with Gasteiger partial charge in [-0.3, -0.25) is 0 Å². The van der Waals surface area contributed by atoms with Crippen LogP contribution in [0.15, 0.2) is 0 Å². The zero-order valence-electron chi connectivity index (χ0n) is 9.10. The summed E-state index contributed by atoms with van der Waals surface area (Å²) in [6.45, 7) is 13.5. The fraction of sp³-hybridized carbons (Fsp3) is 1.00. The molecule has 0 aliphatic heterocycles. The predicted octanol–water partition coefficient (Wildman–Crippen LogP) is 2.05. The van der Waals surface area contributed by atoms with E-state index in [1.165, 1.54) is 0 Å². The van der Waals surface area contributed by atoms with E-state index >= 15 is 0 Å². The van der Waals surface area contributed by atoms with Crippen LogP contribution in [-0.4, -0.2) is 36.6 Å². The minimum Gasteiger partial charge on any atom is -0.321 e. The monoisotopic (exact) mass is 198 g/mol. The second-order valence-corrected chi connectivity index (χ2v) is 8.07. The van der Waals surface area contributed by atoms with E-state index in [1.807, 2.05) is 0 Å². The molecule has 0 N–H and O–H groups in total. The lowest BCUT2D eigenvalue weighted by atomic mass is 10.3. The average molecular weight is 198 g/mol. The Labute approximate surface area is 83.2 Å². The standard InChI is InChI=1S/C9H20NSi2/c1-7(2)10(8(3)4)12-9(5,6)11/h7-8H,1-6H3. The highest BCUT2D eigenvalue weighted by Gasteiger charge is 2.22. The first kappa shape index (κ1) is 12.4. The fourth-order valence-corrected chi connectivity index (χ4v) is 2.73. The molecule has 0 aromatic heterocycles. The van der Waals surface area contributed by atoms with Gasteiger partial charge in [0.05, 0.1) is 0 Å². The molecule has 0 aliphatic carbocycles. The van der Waals surface area contributed by atoms with Gasteiger partial charge in [-0.1, -0.05) is 41.5 Å². The van der Waals surface area contributed by atoms with Gasteiger partial charge in [-0.25, -0.2) is 0 Å². The van der Waals surface area contributed by atoms with Gasteiger partial charge in [0, 0.05) is 10.2 Å². The minimum absolute atomic E-state index is 0.245. The number of hydrogen-bond acceptors (Lipinski definition) is 1. The van der Waals surface area contributed by atoms with Gasteiger partial charge in [0.25, 0.3) is 0 Å². The lowest BCUT2D eigenvalue weighted by Crippen LogP contribution is -2.44. The maximum atomic E-state index is 3.74. The molecule has 0 bridgehead atoms. The van der Waals surface area contributed by atoms with Crippen molar-refractivity contribution in [2.45, 2.75) is 58.3 Å². The molecule has 5 radical (unpaired) electrons. The van der Waals surface area contributed by atoms with Crippen molar-refractivity contribution >= 4 is 19.9 Å². The molecule has 0 fully saturated rings. The minimum atomic E-state index is 0.245. The molecule has 1 nitrogen and oxygen atoms in total. The van der Waals surface area contributed by atoms with Crippen LogP contribution >= 0.6 is 0 Å². The number of hydrogen-bond donors (Lipinski definition) is 0. The summed E-state index contributed by atoms with van der Waals surface area (Å²) in [5.41, 5.74) is 0. The van der Waals surface area contributed by atoms with Gasteiger partial charge in [0.1, 0.15) is 9.68 Å². The quantitative estimate of drug-likeness (QED) is 0.625. The van der Waals surface area contributed by atoms with Crippen LogP contribution in [0.5, 0.6) is 0 Å². The molecule has 0 spiro atoms. The predicted molar refractivity (Wildman–Crippen MR) is 57.7 cm³/mol.